The van der Waals surface area contributed by atoms with E-state index in [0.717, 1.165) is 24.1 Å². The molecule has 0 bridgehead atoms. The van der Waals surface area contributed by atoms with Gasteiger partial charge in [0.25, 0.3) is 0 Å². The van der Waals surface area contributed by atoms with Crippen molar-refractivity contribution in [2.45, 2.75) is 32.2 Å². The largest absolute Gasteiger partial charge is 0.493 e. The lowest BCUT2D eigenvalue weighted by Crippen LogP contribution is -2.32. The third kappa shape index (κ3) is 3.79. The lowest BCUT2D eigenvalue weighted by Gasteiger charge is -2.18. The van der Waals surface area contributed by atoms with E-state index in [1.165, 1.54) is 17.5 Å². The van der Waals surface area contributed by atoms with Crippen molar-refractivity contribution in [3.05, 3.63) is 53.1 Å². The Balaban J connectivity index is 1.41. The Kier molecular flexibility index (Phi) is 5.43. The molecule has 1 atom stereocenters. The molecule has 29 heavy (non-hydrogen) atoms. The number of ether oxygens (including phenoxy) is 2. The van der Waals surface area contributed by atoms with Crippen molar-refractivity contribution in [3.8, 4) is 11.5 Å². The number of benzene rings is 2. The Labute approximate surface area is 170 Å². The van der Waals surface area contributed by atoms with Crippen LogP contribution in [0.5, 0.6) is 11.5 Å². The van der Waals surface area contributed by atoms with Crippen molar-refractivity contribution in [1.29, 1.82) is 0 Å². The van der Waals surface area contributed by atoms with Crippen LogP contribution in [0, 0.1) is 5.92 Å². The standard InChI is InChI=1S/C23H26N2O4/c1-28-20-8-4-7-17(22(20)29-2)13-24-23(27)18-12-21(26)25(14-18)19-10-9-15-5-3-6-16(15)11-19/h4,7-11,18H,3,5-6,12-14H2,1-2H3,(H,24,27). The average Bonchev–Trinajstić information content (AvgIpc) is 3.37. The molecule has 1 unspecified atom stereocenters. The number of hydrogen-bond acceptors (Lipinski definition) is 4. The molecule has 2 aromatic carbocycles. The van der Waals surface area contributed by atoms with E-state index in [1.54, 1.807) is 19.1 Å². The zero-order valence-electron chi connectivity index (χ0n) is 16.9. The van der Waals surface area contributed by atoms with Gasteiger partial charge in [0, 0.05) is 30.8 Å². The molecule has 0 spiro atoms. The number of methoxy groups -OCH3 is 2. The average molecular weight is 394 g/mol. The smallest absolute Gasteiger partial charge is 0.227 e. The van der Waals surface area contributed by atoms with Crippen LogP contribution in [-0.4, -0.2) is 32.6 Å². The molecule has 152 valence electrons. The SMILES string of the molecule is COc1cccc(CNC(=O)C2CC(=O)N(c3ccc4c(c3)CCC4)C2)c1OC. The number of rotatable bonds is 6. The third-order valence-electron chi connectivity index (χ3n) is 5.83. The Morgan fingerprint density at radius 2 is 1.97 bits per heavy atom. The zero-order chi connectivity index (χ0) is 20.4. The van der Waals surface area contributed by atoms with E-state index in [9.17, 15) is 9.59 Å². The molecular formula is C23H26N2O4. The van der Waals surface area contributed by atoms with Crippen LogP contribution in [-0.2, 0) is 29.0 Å². The molecule has 1 N–H and O–H groups in total. The Morgan fingerprint density at radius 3 is 2.76 bits per heavy atom. The number of aryl methyl sites for hydroxylation is 2. The first-order valence-corrected chi connectivity index (χ1v) is 10.0. The van der Waals surface area contributed by atoms with Crippen molar-refractivity contribution in [3.63, 3.8) is 0 Å². The molecule has 2 aromatic rings. The molecule has 1 aliphatic carbocycles. The van der Waals surface area contributed by atoms with Gasteiger partial charge in [-0.05, 0) is 48.6 Å². The van der Waals surface area contributed by atoms with Crippen LogP contribution in [0.2, 0.25) is 0 Å². The van der Waals surface area contributed by atoms with Crippen molar-refractivity contribution in [1.82, 2.24) is 5.32 Å². The summed E-state index contributed by atoms with van der Waals surface area (Å²) in [5.41, 5.74) is 4.44. The molecule has 1 aliphatic heterocycles. The fourth-order valence-corrected chi connectivity index (χ4v) is 4.28. The van der Waals surface area contributed by atoms with Gasteiger partial charge in [-0.2, -0.15) is 0 Å². The Morgan fingerprint density at radius 1 is 1.14 bits per heavy atom. The maximum absolute atomic E-state index is 12.7. The normalized spacial score (nSPS) is 17.9. The number of carbonyl (C=O) groups excluding carboxylic acids is 2. The van der Waals surface area contributed by atoms with Crippen molar-refractivity contribution in [2.75, 3.05) is 25.7 Å². The molecular weight excluding hydrogens is 368 g/mol. The van der Waals surface area contributed by atoms with E-state index in [1.807, 2.05) is 24.3 Å². The highest BCUT2D eigenvalue weighted by Gasteiger charge is 2.35. The summed E-state index contributed by atoms with van der Waals surface area (Å²) in [4.78, 5) is 27.0. The topological polar surface area (TPSA) is 67.9 Å². The van der Waals surface area contributed by atoms with Crippen LogP contribution >= 0.6 is 0 Å². The molecule has 2 aliphatic rings. The molecule has 1 heterocycles. The second-order valence-electron chi connectivity index (χ2n) is 7.58. The Bertz CT molecular complexity index is 940. The maximum atomic E-state index is 12.7. The highest BCUT2D eigenvalue weighted by Crippen LogP contribution is 2.32. The lowest BCUT2D eigenvalue weighted by molar-refractivity contribution is -0.126. The highest BCUT2D eigenvalue weighted by atomic mass is 16.5. The molecule has 1 fully saturated rings. The van der Waals surface area contributed by atoms with Gasteiger partial charge in [0.2, 0.25) is 11.8 Å². The summed E-state index contributed by atoms with van der Waals surface area (Å²) in [6, 6.07) is 11.8. The van der Waals surface area contributed by atoms with Gasteiger partial charge in [0.15, 0.2) is 11.5 Å². The van der Waals surface area contributed by atoms with Gasteiger partial charge in [-0.1, -0.05) is 18.2 Å². The summed E-state index contributed by atoms with van der Waals surface area (Å²) < 4.78 is 10.7. The number of nitrogens with one attached hydrogen (secondary N) is 1. The van der Waals surface area contributed by atoms with Crippen LogP contribution in [0.15, 0.2) is 36.4 Å². The van der Waals surface area contributed by atoms with Gasteiger partial charge in [-0.15, -0.1) is 0 Å². The monoisotopic (exact) mass is 394 g/mol. The number of nitrogens with zero attached hydrogens (tertiary/aromatic N) is 1. The fourth-order valence-electron chi connectivity index (χ4n) is 4.28. The second kappa shape index (κ2) is 8.15. The summed E-state index contributed by atoms with van der Waals surface area (Å²) in [7, 11) is 3.16. The number of fused-ring (bicyclic) bond motifs is 1. The Hall–Kier alpha value is -3.02. The lowest BCUT2D eigenvalue weighted by atomic mass is 10.1. The predicted octanol–water partition coefficient (Wildman–Crippen LogP) is 2.86. The summed E-state index contributed by atoms with van der Waals surface area (Å²) in [5.74, 6) is 0.761. The minimum Gasteiger partial charge on any atom is -0.493 e. The van der Waals surface area contributed by atoms with Gasteiger partial charge < -0.3 is 19.7 Å². The van der Waals surface area contributed by atoms with E-state index in [4.69, 9.17) is 9.47 Å². The minimum absolute atomic E-state index is 0.00191. The van der Waals surface area contributed by atoms with Crippen LogP contribution in [0.25, 0.3) is 0 Å². The number of anilines is 1. The van der Waals surface area contributed by atoms with E-state index < -0.39 is 0 Å². The first-order valence-electron chi connectivity index (χ1n) is 10.0. The van der Waals surface area contributed by atoms with Gasteiger partial charge in [0.05, 0.1) is 20.1 Å². The zero-order valence-corrected chi connectivity index (χ0v) is 16.9. The van der Waals surface area contributed by atoms with Crippen LogP contribution < -0.4 is 19.7 Å². The van der Waals surface area contributed by atoms with E-state index in [2.05, 4.69) is 17.4 Å². The van der Waals surface area contributed by atoms with Gasteiger partial charge in [-0.3, -0.25) is 9.59 Å². The van der Waals surface area contributed by atoms with Crippen LogP contribution in [0.3, 0.4) is 0 Å². The van der Waals surface area contributed by atoms with E-state index >= 15 is 0 Å². The summed E-state index contributed by atoms with van der Waals surface area (Å²) >= 11 is 0. The maximum Gasteiger partial charge on any atom is 0.227 e. The molecule has 6 nitrogen and oxygen atoms in total. The highest BCUT2D eigenvalue weighted by molar-refractivity contribution is 6.00. The molecule has 2 amide bonds. The first kappa shape index (κ1) is 19.3. The number of amides is 2. The number of hydrogen-bond donors (Lipinski definition) is 1. The fraction of sp³-hybridized carbons (Fsp3) is 0.391. The van der Waals surface area contributed by atoms with Crippen molar-refractivity contribution >= 4 is 17.5 Å². The van der Waals surface area contributed by atoms with E-state index in [-0.39, 0.29) is 24.2 Å². The van der Waals surface area contributed by atoms with Crippen LogP contribution in [0.1, 0.15) is 29.5 Å². The molecule has 1 saturated heterocycles. The molecule has 0 radical (unpaired) electrons. The van der Waals surface area contributed by atoms with Gasteiger partial charge in [-0.25, -0.2) is 0 Å². The summed E-state index contributed by atoms with van der Waals surface area (Å²) in [6.45, 7) is 0.738. The molecule has 4 rings (SSSR count). The molecule has 6 heteroatoms. The molecule has 0 saturated carbocycles. The molecule has 0 aromatic heterocycles. The van der Waals surface area contributed by atoms with Crippen molar-refractivity contribution < 1.29 is 19.1 Å². The van der Waals surface area contributed by atoms with Crippen LogP contribution in [0.4, 0.5) is 5.69 Å². The predicted molar refractivity (Wildman–Crippen MR) is 110 cm³/mol. The third-order valence-corrected chi connectivity index (χ3v) is 5.83. The first-order chi connectivity index (χ1) is 14.1. The summed E-state index contributed by atoms with van der Waals surface area (Å²) in [6.07, 6.45) is 3.59. The van der Waals surface area contributed by atoms with Gasteiger partial charge in [0.1, 0.15) is 0 Å². The quantitative estimate of drug-likeness (QED) is 0.818. The second-order valence-corrected chi connectivity index (χ2v) is 7.58. The van der Waals surface area contributed by atoms with Gasteiger partial charge >= 0.3 is 0 Å². The number of carbonyl (C=O) groups is 2. The minimum atomic E-state index is -0.354. The summed E-state index contributed by atoms with van der Waals surface area (Å²) in [5, 5.41) is 2.95. The number of para-hydroxylation sites is 1. The van der Waals surface area contributed by atoms with Crippen molar-refractivity contribution in [2.24, 2.45) is 5.92 Å². The van der Waals surface area contributed by atoms with E-state index in [0.29, 0.717) is 24.6 Å².